The van der Waals surface area contributed by atoms with Gasteiger partial charge in [-0.25, -0.2) is 13.4 Å². The maximum absolute atomic E-state index is 12.3. The molecule has 0 saturated carbocycles. The number of sulfone groups is 1. The summed E-state index contributed by atoms with van der Waals surface area (Å²) >= 11 is 0. The van der Waals surface area contributed by atoms with Crippen LogP contribution in [-0.2, 0) is 9.84 Å². The molecule has 4 rings (SSSR count). The minimum atomic E-state index is -3.32. The van der Waals surface area contributed by atoms with Crippen molar-refractivity contribution in [2.45, 2.75) is 37.3 Å². The highest BCUT2D eigenvalue weighted by Gasteiger charge is 2.20. The van der Waals surface area contributed by atoms with Gasteiger partial charge in [0.25, 0.3) is 5.89 Å². The molecular weight excluding hydrogens is 402 g/mol. The van der Waals surface area contributed by atoms with Crippen molar-refractivity contribution < 1.29 is 12.8 Å². The van der Waals surface area contributed by atoms with Gasteiger partial charge in [0.2, 0.25) is 5.89 Å². The molecule has 1 aliphatic rings. The molecular formula is C21H23N5O3S. The fourth-order valence-corrected chi connectivity index (χ4v) is 4.20. The third kappa shape index (κ3) is 3.90. The fourth-order valence-electron chi connectivity index (χ4n) is 3.14. The Morgan fingerprint density at radius 1 is 1.10 bits per heavy atom. The lowest BCUT2D eigenvalue weighted by atomic mass is 10.1. The van der Waals surface area contributed by atoms with Crippen molar-refractivity contribution in [1.29, 1.82) is 0 Å². The number of nitrogens with one attached hydrogen (secondary N) is 1. The van der Waals surface area contributed by atoms with Gasteiger partial charge >= 0.3 is 0 Å². The second-order valence-corrected chi connectivity index (χ2v) is 9.91. The molecule has 0 amide bonds. The quantitative estimate of drug-likeness (QED) is 0.664. The van der Waals surface area contributed by atoms with Crippen molar-refractivity contribution in [3.63, 3.8) is 0 Å². The van der Waals surface area contributed by atoms with Gasteiger partial charge in [0.15, 0.2) is 9.84 Å². The van der Waals surface area contributed by atoms with Crippen LogP contribution < -0.4 is 5.32 Å². The fraction of sp³-hybridized carbons (Fsp3) is 0.333. The summed E-state index contributed by atoms with van der Waals surface area (Å²) in [5.41, 5.74) is 3.57. The van der Waals surface area contributed by atoms with Crippen LogP contribution in [0.25, 0.3) is 28.4 Å². The van der Waals surface area contributed by atoms with Crippen molar-refractivity contribution in [3.8, 4) is 22.8 Å². The minimum absolute atomic E-state index is 0.290. The normalized spacial score (nSPS) is 14.7. The third-order valence-corrected chi connectivity index (χ3v) is 7.19. The summed E-state index contributed by atoms with van der Waals surface area (Å²) < 4.78 is 30.5. The van der Waals surface area contributed by atoms with Crippen LogP contribution in [0.3, 0.4) is 0 Å². The molecule has 30 heavy (non-hydrogen) atoms. The van der Waals surface area contributed by atoms with Crippen LogP contribution in [0.1, 0.15) is 31.9 Å². The van der Waals surface area contributed by atoms with Crippen molar-refractivity contribution in [1.82, 2.24) is 25.5 Å². The molecule has 3 heterocycles. The standard InChI is InChI=1S/C21H23N5O3S/c1-13(2)30(27,28)17-6-4-15(5-7-17)18-12-23-14(3)19(24-18)21-26-25-20(29-21)16-8-10-22-11-9-16/h4-8,12-13,22H,9-11H2,1-3H3. The molecule has 0 unspecified atom stereocenters. The highest BCUT2D eigenvalue weighted by Crippen LogP contribution is 2.27. The average Bonchev–Trinajstić information content (AvgIpc) is 3.25. The Morgan fingerprint density at radius 2 is 1.83 bits per heavy atom. The molecule has 1 aromatic carbocycles. The first kappa shape index (κ1) is 20.4. The lowest BCUT2D eigenvalue weighted by Gasteiger charge is -2.10. The molecule has 3 aromatic rings. The van der Waals surface area contributed by atoms with Crippen LogP contribution in [0.5, 0.6) is 0 Å². The van der Waals surface area contributed by atoms with Crippen molar-refractivity contribution in [3.05, 3.63) is 48.1 Å². The van der Waals surface area contributed by atoms with Gasteiger partial charge in [-0.2, -0.15) is 0 Å². The Hall–Kier alpha value is -2.91. The number of benzene rings is 1. The Morgan fingerprint density at radius 3 is 2.50 bits per heavy atom. The number of hydrogen-bond acceptors (Lipinski definition) is 8. The first-order valence-corrected chi connectivity index (χ1v) is 11.3. The van der Waals surface area contributed by atoms with Gasteiger partial charge < -0.3 is 9.73 Å². The molecule has 156 valence electrons. The first-order chi connectivity index (χ1) is 14.4. The number of rotatable bonds is 5. The second-order valence-electron chi connectivity index (χ2n) is 7.40. The molecule has 2 aromatic heterocycles. The van der Waals surface area contributed by atoms with E-state index in [4.69, 9.17) is 4.42 Å². The van der Waals surface area contributed by atoms with E-state index in [2.05, 4.69) is 25.5 Å². The van der Waals surface area contributed by atoms with Crippen LogP contribution in [0.4, 0.5) is 0 Å². The van der Waals surface area contributed by atoms with Gasteiger partial charge in [0, 0.05) is 17.7 Å². The maximum atomic E-state index is 12.3. The largest absolute Gasteiger partial charge is 0.415 e. The van der Waals surface area contributed by atoms with Gasteiger partial charge in [0.1, 0.15) is 5.69 Å². The van der Waals surface area contributed by atoms with Gasteiger partial charge in [-0.15, -0.1) is 10.2 Å². The van der Waals surface area contributed by atoms with Gasteiger partial charge in [-0.05, 0) is 45.9 Å². The van der Waals surface area contributed by atoms with E-state index in [1.807, 2.05) is 13.0 Å². The topological polar surface area (TPSA) is 111 Å². The summed E-state index contributed by atoms with van der Waals surface area (Å²) in [4.78, 5) is 9.37. The molecule has 0 fully saturated rings. The van der Waals surface area contributed by atoms with E-state index in [0.717, 1.165) is 30.6 Å². The molecule has 9 heteroatoms. The lowest BCUT2D eigenvalue weighted by Crippen LogP contribution is -2.20. The molecule has 0 saturated heterocycles. The zero-order valence-corrected chi connectivity index (χ0v) is 17.9. The van der Waals surface area contributed by atoms with E-state index in [1.54, 1.807) is 44.3 Å². The molecule has 1 N–H and O–H groups in total. The zero-order valence-electron chi connectivity index (χ0n) is 17.1. The monoisotopic (exact) mass is 425 g/mol. The summed E-state index contributed by atoms with van der Waals surface area (Å²) in [6.07, 6.45) is 4.53. The Labute approximate surface area is 175 Å². The van der Waals surface area contributed by atoms with Crippen molar-refractivity contribution >= 4 is 15.4 Å². The predicted octanol–water partition coefficient (Wildman–Crippen LogP) is 3.06. The second kappa shape index (κ2) is 8.08. The molecule has 0 bridgehead atoms. The Balaban J connectivity index is 1.66. The van der Waals surface area contributed by atoms with Crippen LogP contribution in [0.2, 0.25) is 0 Å². The lowest BCUT2D eigenvalue weighted by molar-refractivity contribution is 0.543. The van der Waals surface area contributed by atoms with Crippen molar-refractivity contribution in [2.75, 3.05) is 13.1 Å². The van der Waals surface area contributed by atoms with Crippen LogP contribution in [-0.4, -0.2) is 46.9 Å². The highest BCUT2D eigenvalue weighted by molar-refractivity contribution is 7.92. The SMILES string of the molecule is Cc1ncc(-c2ccc(S(=O)(=O)C(C)C)cc2)nc1-c1nnc(C2=CCNCC2)o1. The molecule has 0 atom stereocenters. The van der Waals surface area contributed by atoms with E-state index in [0.29, 0.717) is 33.8 Å². The Bertz CT molecular complexity index is 1200. The van der Waals surface area contributed by atoms with Gasteiger partial charge in [-0.3, -0.25) is 4.98 Å². The summed E-state index contributed by atoms with van der Waals surface area (Å²) in [6, 6.07) is 6.66. The average molecular weight is 426 g/mol. The van der Waals surface area contributed by atoms with E-state index in [1.165, 1.54) is 0 Å². The van der Waals surface area contributed by atoms with E-state index >= 15 is 0 Å². The predicted molar refractivity (Wildman–Crippen MR) is 113 cm³/mol. The van der Waals surface area contributed by atoms with E-state index in [-0.39, 0.29) is 0 Å². The van der Waals surface area contributed by atoms with Crippen LogP contribution in [0.15, 0.2) is 45.9 Å². The summed E-state index contributed by atoms with van der Waals surface area (Å²) in [7, 11) is -3.32. The van der Waals surface area contributed by atoms with Gasteiger partial charge in [0.05, 0.1) is 27.7 Å². The minimum Gasteiger partial charge on any atom is -0.415 e. The van der Waals surface area contributed by atoms with Crippen LogP contribution >= 0.6 is 0 Å². The summed E-state index contributed by atoms with van der Waals surface area (Å²) in [5.74, 6) is 0.816. The number of aryl methyl sites for hydroxylation is 1. The number of nitrogens with zero attached hydrogens (tertiary/aromatic N) is 4. The number of aromatic nitrogens is 4. The molecule has 0 spiro atoms. The highest BCUT2D eigenvalue weighted by atomic mass is 32.2. The van der Waals surface area contributed by atoms with Crippen LogP contribution in [0, 0.1) is 6.92 Å². The van der Waals surface area contributed by atoms with Gasteiger partial charge in [-0.1, -0.05) is 18.2 Å². The van der Waals surface area contributed by atoms with Crippen molar-refractivity contribution in [2.24, 2.45) is 0 Å². The summed E-state index contributed by atoms with van der Waals surface area (Å²) in [5, 5.41) is 11.1. The molecule has 0 radical (unpaired) electrons. The summed E-state index contributed by atoms with van der Waals surface area (Å²) in [6.45, 7) is 6.82. The molecule has 8 nitrogen and oxygen atoms in total. The number of hydrogen-bond donors (Lipinski definition) is 1. The molecule has 1 aliphatic heterocycles. The van der Waals surface area contributed by atoms with E-state index < -0.39 is 15.1 Å². The zero-order chi connectivity index (χ0) is 21.3. The third-order valence-electron chi connectivity index (χ3n) is 5.02. The first-order valence-electron chi connectivity index (χ1n) is 9.78. The maximum Gasteiger partial charge on any atom is 0.268 e. The van der Waals surface area contributed by atoms with E-state index in [9.17, 15) is 8.42 Å². The smallest absolute Gasteiger partial charge is 0.268 e. The molecule has 0 aliphatic carbocycles. The Kier molecular flexibility index (Phi) is 5.48.